The molecule has 1 atom stereocenters. The number of ether oxygens (including phenoxy) is 1. The molecule has 16 heavy (non-hydrogen) atoms. The average molecular weight is 225 g/mol. The second-order valence-corrected chi connectivity index (χ2v) is 5.44. The molecule has 1 N–H and O–H groups in total. The molecule has 2 nitrogen and oxygen atoms in total. The predicted molar refractivity (Wildman–Crippen MR) is 67.6 cm³/mol. The summed E-state index contributed by atoms with van der Waals surface area (Å²) in [4.78, 5) is 0. The zero-order chi connectivity index (χ0) is 11.2. The molecule has 2 rings (SSSR count). The fraction of sp³-hybridized carbons (Fsp3) is 1.00. The highest BCUT2D eigenvalue weighted by Crippen LogP contribution is 2.33. The molecule has 0 aromatic carbocycles. The Kier molecular flexibility index (Phi) is 5.11. The number of rotatable bonds is 7. The Bertz CT molecular complexity index is 185. The van der Waals surface area contributed by atoms with Gasteiger partial charge in [0, 0.05) is 12.6 Å². The van der Waals surface area contributed by atoms with Crippen molar-refractivity contribution < 1.29 is 4.74 Å². The van der Waals surface area contributed by atoms with Crippen LogP contribution in [0.4, 0.5) is 0 Å². The van der Waals surface area contributed by atoms with Gasteiger partial charge in [0.2, 0.25) is 0 Å². The second kappa shape index (κ2) is 6.61. The average Bonchev–Trinajstić information content (AvgIpc) is 3.15. The van der Waals surface area contributed by atoms with Crippen LogP contribution in [0.5, 0.6) is 0 Å². The first-order chi connectivity index (χ1) is 7.90. The van der Waals surface area contributed by atoms with Crippen molar-refractivity contribution in [3.63, 3.8) is 0 Å². The van der Waals surface area contributed by atoms with Crippen LogP contribution in [0, 0.1) is 5.92 Å². The van der Waals surface area contributed by atoms with E-state index in [4.69, 9.17) is 4.74 Å². The zero-order valence-corrected chi connectivity index (χ0v) is 10.7. The normalized spacial score (nSPS) is 24.6. The molecule has 2 aliphatic carbocycles. The fourth-order valence-electron chi connectivity index (χ4n) is 2.84. The Morgan fingerprint density at radius 1 is 1.12 bits per heavy atom. The zero-order valence-electron chi connectivity index (χ0n) is 10.7. The van der Waals surface area contributed by atoms with E-state index in [1.54, 1.807) is 0 Å². The van der Waals surface area contributed by atoms with Crippen LogP contribution in [-0.2, 0) is 4.74 Å². The Balaban J connectivity index is 1.50. The quantitative estimate of drug-likeness (QED) is 0.672. The van der Waals surface area contributed by atoms with Gasteiger partial charge in [-0.25, -0.2) is 0 Å². The molecule has 94 valence electrons. The summed E-state index contributed by atoms with van der Waals surface area (Å²) in [5.41, 5.74) is 0. The first-order valence-corrected chi connectivity index (χ1v) is 7.25. The van der Waals surface area contributed by atoms with E-state index in [0.717, 1.165) is 25.1 Å². The van der Waals surface area contributed by atoms with E-state index < -0.39 is 0 Å². The maximum absolute atomic E-state index is 5.92. The van der Waals surface area contributed by atoms with Gasteiger partial charge in [-0.3, -0.25) is 0 Å². The van der Waals surface area contributed by atoms with Crippen LogP contribution in [0.15, 0.2) is 0 Å². The van der Waals surface area contributed by atoms with Gasteiger partial charge in [0.25, 0.3) is 0 Å². The van der Waals surface area contributed by atoms with Crippen molar-refractivity contribution in [2.24, 2.45) is 5.92 Å². The Hall–Kier alpha value is -0.0800. The highest BCUT2D eigenvalue weighted by atomic mass is 16.5. The lowest BCUT2D eigenvalue weighted by atomic mass is 9.98. The third kappa shape index (κ3) is 4.06. The third-order valence-corrected chi connectivity index (χ3v) is 4.05. The fourth-order valence-corrected chi connectivity index (χ4v) is 2.84. The molecule has 0 aromatic rings. The second-order valence-electron chi connectivity index (χ2n) is 5.44. The Labute approximate surface area is 100 Å². The minimum Gasteiger partial charge on any atom is -0.377 e. The summed E-state index contributed by atoms with van der Waals surface area (Å²) in [5, 5.41) is 3.65. The maximum atomic E-state index is 5.92. The van der Waals surface area contributed by atoms with E-state index in [0.29, 0.717) is 6.10 Å². The van der Waals surface area contributed by atoms with Gasteiger partial charge in [0.15, 0.2) is 0 Å². The highest BCUT2D eigenvalue weighted by molar-refractivity contribution is 4.85. The van der Waals surface area contributed by atoms with Crippen molar-refractivity contribution >= 4 is 0 Å². The molecule has 0 radical (unpaired) electrons. The monoisotopic (exact) mass is 225 g/mol. The molecule has 0 bridgehead atoms. The summed E-state index contributed by atoms with van der Waals surface area (Å²) in [5.74, 6) is 0.972. The molecule has 2 aliphatic rings. The maximum Gasteiger partial charge on any atom is 0.0594 e. The van der Waals surface area contributed by atoms with Gasteiger partial charge in [0.05, 0.1) is 12.7 Å². The Morgan fingerprint density at radius 2 is 1.88 bits per heavy atom. The van der Waals surface area contributed by atoms with Crippen molar-refractivity contribution in [2.75, 3.05) is 13.2 Å². The van der Waals surface area contributed by atoms with Gasteiger partial charge in [-0.2, -0.15) is 0 Å². The lowest BCUT2D eigenvalue weighted by molar-refractivity contribution is 0.0291. The molecule has 2 fully saturated rings. The summed E-state index contributed by atoms with van der Waals surface area (Å²) in [7, 11) is 0. The van der Waals surface area contributed by atoms with Gasteiger partial charge < -0.3 is 10.1 Å². The minimum absolute atomic E-state index is 0.566. The molecule has 0 aromatic heterocycles. The van der Waals surface area contributed by atoms with Gasteiger partial charge in [-0.05, 0) is 38.0 Å². The SMILES string of the molecule is CCC(NCCOC1CCCCC1)C1CC1. The van der Waals surface area contributed by atoms with Crippen LogP contribution in [0.2, 0.25) is 0 Å². The molecule has 0 aliphatic heterocycles. The molecule has 2 saturated carbocycles. The first-order valence-electron chi connectivity index (χ1n) is 7.25. The van der Waals surface area contributed by atoms with E-state index >= 15 is 0 Å². The van der Waals surface area contributed by atoms with Crippen LogP contribution < -0.4 is 5.32 Å². The van der Waals surface area contributed by atoms with Crippen molar-refractivity contribution in [3.8, 4) is 0 Å². The largest absolute Gasteiger partial charge is 0.377 e. The van der Waals surface area contributed by atoms with E-state index in [1.807, 2.05) is 0 Å². The number of nitrogens with one attached hydrogen (secondary N) is 1. The number of hydrogen-bond donors (Lipinski definition) is 1. The molecular formula is C14H27NO. The van der Waals surface area contributed by atoms with Crippen LogP contribution in [0.1, 0.15) is 58.3 Å². The summed E-state index contributed by atoms with van der Waals surface area (Å²) in [6, 6.07) is 0.759. The topological polar surface area (TPSA) is 21.3 Å². The molecular weight excluding hydrogens is 198 g/mol. The van der Waals surface area contributed by atoms with Crippen LogP contribution in [-0.4, -0.2) is 25.3 Å². The van der Waals surface area contributed by atoms with Crippen molar-refractivity contribution in [3.05, 3.63) is 0 Å². The summed E-state index contributed by atoms with van der Waals surface area (Å²) < 4.78 is 5.92. The molecule has 2 heteroatoms. The van der Waals surface area contributed by atoms with Crippen molar-refractivity contribution in [1.82, 2.24) is 5.32 Å². The van der Waals surface area contributed by atoms with E-state index in [9.17, 15) is 0 Å². The molecule has 0 spiro atoms. The molecule has 0 amide bonds. The van der Waals surface area contributed by atoms with Crippen molar-refractivity contribution in [2.45, 2.75) is 70.4 Å². The highest BCUT2D eigenvalue weighted by Gasteiger charge is 2.29. The van der Waals surface area contributed by atoms with E-state index in [2.05, 4.69) is 12.2 Å². The Morgan fingerprint density at radius 3 is 2.50 bits per heavy atom. The van der Waals surface area contributed by atoms with E-state index in [1.165, 1.54) is 51.4 Å². The minimum atomic E-state index is 0.566. The summed E-state index contributed by atoms with van der Waals surface area (Å²) in [6.07, 6.45) is 11.5. The molecule has 0 saturated heterocycles. The van der Waals surface area contributed by atoms with Crippen LogP contribution >= 0.6 is 0 Å². The number of hydrogen-bond acceptors (Lipinski definition) is 2. The first kappa shape index (κ1) is 12.4. The molecule has 1 unspecified atom stereocenters. The summed E-state index contributed by atoms with van der Waals surface area (Å²) in [6.45, 7) is 4.25. The lowest BCUT2D eigenvalue weighted by Gasteiger charge is -2.23. The van der Waals surface area contributed by atoms with Gasteiger partial charge in [-0.1, -0.05) is 26.2 Å². The predicted octanol–water partition coefficient (Wildman–Crippen LogP) is 3.11. The lowest BCUT2D eigenvalue weighted by Crippen LogP contribution is -2.34. The standard InChI is InChI=1S/C14H27NO/c1-2-14(12-8-9-12)15-10-11-16-13-6-4-3-5-7-13/h12-15H,2-11H2,1H3. The van der Waals surface area contributed by atoms with Gasteiger partial charge in [-0.15, -0.1) is 0 Å². The summed E-state index contributed by atoms with van der Waals surface area (Å²) >= 11 is 0. The van der Waals surface area contributed by atoms with E-state index in [-0.39, 0.29) is 0 Å². The van der Waals surface area contributed by atoms with Gasteiger partial charge >= 0.3 is 0 Å². The van der Waals surface area contributed by atoms with Gasteiger partial charge in [0.1, 0.15) is 0 Å². The van der Waals surface area contributed by atoms with Crippen molar-refractivity contribution in [1.29, 1.82) is 0 Å². The smallest absolute Gasteiger partial charge is 0.0594 e. The van der Waals surface area contributed by atoms with Crippen LogP contribution in [0.25, 0.3) is 0 Å². The molecule has 0 heterocycles. The third-order valence-electron chi connectivity index (χ3n) is 4.05. The van der Waals surface area contributed by atoms with Crippen LogP contribution in [0.3, 0.4) is 0 Å².